The molecule has 0 aromatic heterocycles. The highest BCUT2D eigenvalue weighted by Gasteiger charge is 2.32. The van der Waals surface area contributed by atoms with Gasteiger partial charge in [-0.1, -0.05) is 11.6 Å². The molecule has 4 nitrogen and oxygen atoms in total. The second-order valence-electron chi connectivity index (χ2n) is 5.90. The first-order valence-electron chi connectivity index (χ1n) is 7.87. The van der Waals surface area contributed by atoms with Gasteiger partial charge in [0.15, 0.2) is 0 Å². The van der Waals surface area contributed by atoms with Crippen molar-refractivity contribution in [2.24, 2.45) is 0 Å². The molecule has 160 valence electrons. The fourth-order valence-corrected chi connectivity index (χ4v) is 3.68. The molecule has 0 aliphatic rings. The quantitative estimate of drug-likeness (QED) is 0.574. The zero-order valence-electron chi connectivity index (χ0n) is 14.7. The van der Waals surface area contributed by atoms with Crippen LogP contribution in [-0.2, 0) is 16.4 Å². The van der Waals surface area contributed by atoms with Crippen LogP contribution in [0.3, 0.4) is 0 Å². The molecular formula is C17H14ClF6NO3S. The molecular weight excluding hydrogens is 448 g/mol. The summed E-state index contributed by atoms with van der Waals surface area (Å²) in [4.78, 5) is -0.829. The number of alkyl halides is 5. The maximum absolute atomic E-state index is 13.5. The van der Waals surface area contributed by atoms with E-state index in [-0.39, 0.29) is 27.6 Å². The molecule has 0 heterocycles. The molecule has 0 saturated carbocycles. The summed E-state index contributed by atoms with van der Waals surface area (Å²) in [6.07, 6.45) is -4.60. The van der Waals surface area contributed by atoms with Crippen LogP contribution in [0.4, 0.5) is 26.3 Å². The number of ether oxygens (including phenoxy) is 1. The van der Waals surface area contributed by atoms with Crippen LogP contribution in [0, 0.1) is 12.7 Å². The maximum atomic E-state index is 13.5. The fourth-order valence-electron chi connectivity index (χ4n) is 2.45. The second kappa shape index (κ2) is 8.80. The lowest BCUT2D eigenvalue weighted by Crippen LogP contribution is -2.29. The third-order valence-electron chi connectivity index (χ3n) is 3.74. The first kappa shape index (κ1) is 23.3. The summed E-state index contributed by atoms with van der Waals surface area (Å²) in [7, 11) is -5.09. The van der Waals surface area contributed by atoms with Crippen LogP contribution in [0.25, 0.3) is 0 Å². The molecule has 2 rings (SSSR count). The summed E-state index contributed by atoms with van der Waals surface area (Å²) in [5, 5.41) is 1.97. The van der Waals surface area contributed by atoms with Crippen molar-refractivity contribution < 1.29 is 39.5 Å². The van der Waals surface area contributed by atoms with Gasteiger partial charge in [-0.25, -0.2) is 12.8 Å². The Morgan fingerprint density at radius 2 is 1.83 bits per heavy atom. The third kappa shape index (κ3) is 6.00. The summed E-state index contributed by atoms with van der Waals surface area (Å²) >= 11 is 5.72. The van der Waals surface area contributed by atoms with Crippen LogP contribution >= 0.6 is 11.6 Å². The summed E-state index contributed by atoms with van der Waals surface area (Å²) < 4.78 is 106. The lowest BCUT2D eigenvalue weighted by Gasteiger charge is -2.18. The highest BCUT2D eigenvalue weighted by Crippen LogP contribution is 2.34. The van der Waals surface area contributed by atoms with E-state index in [4.69, 9.17) is 16.3 Å². The van der Waals surface area contributed by atoms with Crippen LogP contribution in [0.2, 0.25) is 5.02 Å². The number of benzene rings is 2. The standard InChI is InChI=1S/C17H14ClF6NO3S/c1-9-13(7-25-8-17(22,23)24)15(29(26,27)16(20)21)3-2-14(9)28-12-5-10(18)4-11(19)6-12/h2-6,16,25H,7-8H2,1H3. The monoisotopic (exact) mass is 461 g/mol. The Bertz CT molecular complexity index is 975. The summed E-state index contributed by atoms with van der Waals surface area (Å²) in [6, 6.07) is 5.07. The molecule has 0 aliphatic heterocycles. The Morgan fingerprint density at radius 3 is 2.38 bits per heavy atom. The van der Waals surface area contributed by atoms with Crippen molar-refractivity contribution in [1.82, 2.24) is 5.32 Å². The van der Waals surface area contributed by atoms with Gasteiger partial charge in [0.2, 0.25) is 9.84 Å². The minimum Gasteiger partial charge on any atom is -0.457 e. The highest BCUT2D eigenvalue weighted by atomic mass is 35.5. The molecule has 2 aromatic rings. The molecule has 1 N–H and O–H groups in total. The van der Waals surface area contributed by atoms with E-state index in [1.165, 1.54) is 13.0 Å². The smallest absolute Gasteiger partial charge is 0.401 e. The topological polar surface area (TPSA) is 55.4 Å². The lowest BCUT2D eigenvalue weighted by atomic mass is 10.1. The molecule has 0 atom stereocenters. The molecule has 0 bridgehead atoms. The van der Waals surface area contributed by atoms with Crippen molar-refractivity contribution in [3.8, 4) is 11.5 Å². The average Bonchev–Trinajstić information content (AvgIpc) is 2.55. The number of sulfone groups is 1. The van der Waals surface area contributed by atoms with Gasteiger partial charge < -0.3 is 10.1 Å². The van der Waals surface area contributed by atoms with Gasteiger partial charge in [-0.3, -0.25) is 0 Å². The van der Waals surface area contributed by atoms with Gasteiger partial charge in [0.1, 0.15) is 17.3 Å². The second-order valence-corrected chi connectivity index (χ2v) is 8.22. The number of rotatable bonds is 7. The third-order valence-corrected chi connectivity index (χ3v) is 5.42. The van der Waals surface area contributed by atoms with Gasteiger partial charge in [-0.05, 0) is 42.3 Å². The van der Waals surface area contributed by atoms with Crippen molar-refractivity contribution in [2.75, 3.05) is 6.54 Å². The van der Waals surface area contributed by atoms with Gasteiger partial charge in [-0.15, -0.1) is 0 Å². The van der Waals surface area contributed by atoms with E-state index in [1.807, 2.05) is 5.32 Å². The van der Waals surface area contributed by atoms with Gasteiger partial charge in [-0.2, -0.15) is 22.0 Å². The van der Waals surface area contributed by atoms with Crippen LogP contribution < -0.4 is 10.1 Å². The summed E-state index contributed by atoms with van der Waals surface area (Å²) in [5.74, 6) is -4.63. The Balaban J connectivity index is 2.48. The van der Waals surface area contributed by atoms with Crippen LogP contribution in [0.5, 0.6) is 11.5 Å². The highest BCUT2D eigenvalue weighted by molar-refractivity contribution is 7.91. The molecule has 0 spiro atoms. The number of hydrogen-bond acceptors (Lipinski definition) is 4. The normalized spacial score (nSPS) is 12.4. The lowest BCUT2D eigenvalue weighted by molar-refractivity contribution is -0.125. The summed E-state index contributed by atoms with van der Waals surface area (Å²) in [6.45, 7) is -0.857. The van der Waals surface area contributed by atoms with E-state index in [1.54, 1.807) is 0 Å². The predicted octanol–water partition coefficient (Wildman–Crippen LogP) is 5.23. The van der Waals surface area contributed by atoms with E-state index in [2.05, 4.69) is 0 Å². The predicted molar refractivity (Wildman–Crippen MR) is 93.6 cm³/mol. The first-order valence-corrected chi connectivity index (χ1v) is 9.79. The zero-order valence-corrected chi connectivity index (χ0v) is 16.2. The largest absolute Gasteiger partial charge is 0.457 e. The molecule has 0 saturated heterocycles. The van der Waals surface area contributed by atoms with Gasteiger partial charge in [0, 0.05) is 17.6 Å². The van der Waals surface area contributed by atoms with E-state index in [0.717, 1.165) is 24.3 Å². The van der Waals surface area contributed by atoms with E-state index in [9.17, 15) is 34.8 Å². The molecule has 2 aromatic carbocycles. The zero-order chi connectivity index (χ0) is 22.0. The van der Waals surface area contributed by atoms with Crippen molar-refractivity contribution in [3.63, 3.8) is 0 Å². The number of halogens is 7. The van der Waals surface area contributed by atoms with Crippen molar-refractivity contribution in [2.45, 2.75) is 30.3 Å². The van der Waals surface area contributed by atoms with E-state index in [0.29, 0.717) is 0 Å². The Kier molecular flexibility index (Phi) is 7.07. The van der Waals surface area contributed by atoms with E-state index >= 15 is 0 Å². The Morgan fingerprint density at radius 1 is 1.17 bits per heavy atom. The molecule has 29 heavy (non-hydrogen) atoms. The maximum Gasteiger partial charge on any atom is 0.401 e. The fraction of sp³-hybridized carbons (Fsp3) is 0.294. The molecule has 0 fully saturated rings. The van der Waals surface area contributed by atoms with Crippen LogP contribution in [0.15, 0.2) is 35.2 Å². The van der Waals surface area contributed by atoms with Crippen LogP contribution in [0.1, 0.15) is 11.1 Å². The van der Waals surface area contributed by atoms with E-state index < -0.39 is 45.6 Å². The van der Waals surface area contributed by atoms with Gasteiger partial charge in [0.05, 0.1) is 11.4 Å². The number of hydrogen-bond donors (Lipinski definition) is 1. The minimum atomic E-state index is -5.09. The Labute approximate surface area is 167 Å². The molecule has 0 radical (unpaired) electrons. The van der Waals surface area contributed by atoms with Crippen molar-refractivity contribution in [1.29, 1.82) is 0 Å². The molecule has 0 aliphatic carbocycles. The van der Waals surface area contributed by atoms with Crippen molar-refractivity contribution in [3.05, 3.63) is 52.3 Å². The average molecular weight is 462 g/mol. The molecule has 12 heteroatoms. The SMILES string of the molecule is Cc1c(Oc2cc(F)cc(Cl)c2)ccc(S(=O)(=O)C(F)F)c1CNCC(F)(F)F. The molecule has 0 unspecified atom stereocenters. The van der Waals surface area contributed by atoms with Crippen molar-refractivity contribution >= 4 is 21.4 Å². The first-order chi connectivity index (χ1) is 13.3. The Hall–Kier alpha value is -1.98. The summed E-state index contributed by atoms with van der Waals surface area (Å²) in [5.41, 5.74) is -0.337. The number of nitrogens with one attached hydrogen (secondary N) is 1. The molecule has 0 amide bonds. The van der Waals surface area contributed by atoms with Gasteiger partial charge in [0.25, 0.3) is 0 Å². The minimum absolute atomic E-state index is 0.00150. The van der Waals surface area contributed by atoms with Crippen LogP contribution in [-0.4, -0.2) is 26.9 Å². The van der Waals surface area contributed by atoms with Gasteiger partial charge >= 0.3 is 11.9 Å².